The fourth-order valence-corrected chi connectivity index (χ4v) is 3.03. The molecule has 1 aromatic rings. The van der Waals surface area contributed by atoms with Gasteiger partial charge in [-0.2, -0.15) is 0 Å². The van der Waals surface area contributed by atoms with Crippen molar-refractivity contribution in [2.24, 2.45) is 5.92 Å². The molecule has 1 aliphatic rings. The molecule has 0 saturated carbocycles. The molecule has 3 heteroatoms. The number of rotatable bonds is 5. The van der Waals surface area contributed by atoms with Crippen molar-refractivity contribution in [2.45, 2.75) is 45.8 Å². The number of nitrogens with zero attached hydrogens (tertiary/aromatic N) is 1. The van der Waals surface area contributed by atoms with E-state index in [2.05, 4.69) is 55.3 Å². The van der Waals surface area contributed by atoms with Gasteiger partial charge in [0.15, 0.2) is 0 Å². The first-order valence-corrected chi connectivity index (χ1v) is 7.92. The lowest BCUT2D eigenvalue weighted by Gasteiger charge is -2.36. The first kappa shape index (κ1) is 15.3. The smallest absolute Gasteiger partial charge is 0.0599 e. The molecule has 1 saturated heterocycles. The fraction of sp³-hybridized carbons (Fsp3) is 0.647. The molecule has 0 bridgehead atoms. The zero-order valence-corrected chi connectivity index (χ0v) is 13.0. The summed E-state index contributed by atoms with van der Waals surface area (Å²) in [6, 6.07) is 9.37. The fourth-order valence-electron chi connectivity index (χ4n) is 3.03. The Bertz CT molecular complexity index is 404. The predicted octanol–water partition coefficient (Wildman–Crippen LogP) is 2.95. The number of hydrogen-bond donors (Lipinski definition) is 2. The average Bonchev–Trinajstić information content (AvgIpc) is 2.48. The monoisotopic (exact) mass is 276 g/mol. The third kappa shape index (κ3) is 3.53. The van der Waals surface area contributed by atoms with Gasteiger partial charge >= 0.3 is 0 Å². The van der Waals surface area contributed by atoms with Crippen LogP contribution < -0.4 is 10.2 Å². The lowest BCUT2D eigenvalue weighted by atomic mass is 9.96. The summed E-state index contributed by atoms with van der Waals surface area (Å²) in [7, 11) is 0. The van der Waals surface area contributed by atoms with Crippen molar-refractivity contribution in [2.75, 3.05) is 24.5 Å². The van der Waals surface area contributed by atoms with E-state index >= 15 is 0 Å². The number of nitrogens with one attached hydrogen (secondary N) is 1. The minimum absolute atomic E-state index is 0.135. The molecule has 0 radical (unpaired) electrons. The highest BCUT2D eigenvalue weighted by Crippen LogP contribution is 2.25. The second kappa shape index (κ2) is 7.09. The Morgan fingerprint density at radius 1 is 1.30 bits per heavy atom. The zero-order valence-electron chi connectivity index (χ0n) is 13.0. The van der Waals surface area contributed by atoms with Gasteiger partial charge in [-0.05, 0) is 43.0 Å². The lowest BCUT2D eigenvalue weighted by molar-refractivity contribution is 0.0971. The molecule has 112 valence electrons. The Hall–Kier alpha value is -1.06. The Morgan fingerprint density at radius 3 is 2.55 bits per heavy atom. The van der Waals surface area contributed by atoms with Crippen molar-refractivity contribution in [1.29, 1.82) is 0 Å². The summed E-state index contributed by atoms with van der Waals surface area (Å²) >= 11 is 0. The van der Waals surface area contributed by atoms with E-state index in [9.17, 15) is 5.11 Å². The molecule has 0 amide bonds. The second-order valence-corrected chi connectivity index (χ2v) is 5.89. The summed E-state index contributed by atoms with van der Waals surface area (Å²) in [5.41, 5.74) is 2.64. The summed E-state index contributed by atoms with van der Waals surface area (Å²) in [6.07, 6.45) is 1.85. The number of aliphatic hydroxyl groups excluding tert-OH is 1. The number of aliphatic hydroxyl groups is 1. The number of hydrogen-bond acceptors (Lipinski definition) is 3. The first-order valence-electron chi connectivity index (χ1n) is 7.92. The van der Waals surface area contributed by atoms with Crippen LogP contribution in [0, 0.1) is 5.92 Å². The summed E-state index contributed by atoms with van der Waals surface area (Å²) < 4.78 is 0. The third-order valence-corrected chi connectivity index (χ3v) is 4.38. The van der Waals surface area contributed by atoms with Crippen LogP contribution in [0.25, 0.3) is 0 Å². The Balaban J connectivity index is 2.04. The largest absolute Gasteiger partial charge is 0.393 e. The zero-order chi connectivity index (χ0) is 14.5. The molecular weight excluding hydrogens is 248 g/mol. The molecule has 1 heterocycles. The molecule has 0 aromatic heterocycles. The Morgan fingerprint density at radius 2 is 2.00 bits per heavy atom. The quantitative estimate of drug-likeness (QED) is 0.868. The van der Waals surface area contributed by atoms with Gasteiger partial charge in [-0.15, -0.1) is 0 Å². The first-order chi connectivity index (χ1) is 9.65. The second-order valence-electron chi connectivity index (χ2n) is 5.89. The highest BCUT2D eigenvalue weighted by molar-refractivity contribution is 5.48. The van der Waals surface area contributed by atoms with Gasteiger partial charge in [-0.1, -0.05) is 32.9 Å². The molecule has 1 aromatic carbocycles. The van der Waals surface area contributed by atoms with Gasteiger partial charge < -0.3 is 15.3 Å². The maximum atomic E-state index is 9.82. The van der Waals surface area contributed by atoms with Gasteiger partial charge in [-0.3, -0.25) is 0 Å². The highest BCUT2D eigenvalue weighted by atomic mass is 16.3. The van der Waals surface area contributed by atoms with Crippen LogP contribution in [0.3, 0.4) is 0 Å². The number of benzene rings is 1. The number of piperidine rings is 1. The van der Waals surface area contributed by atoms with Gasteiger partial charge in [0, 0.05) is 24.8 Å². The van der Waals surface area contributed by atoms with Gasteiger partial charge in [0.05, 0.1) is 6.10 Å². The standard InChI is InChI=1S/C17H28N2O/c1-4-16(18-5-2)14-6-8-15(9-7-14)19-11-10-17(20)13(3)12-19/h6-9,13,16-18,20H,4-5,10-12H2,1-3H3. The van der Waals surface area contributed by atoms with Crippen molar-refractivity contribution >= 4 is 5.69 Å². The molecule has 3 unspecified atom stereocenters. The molecule has 20 heavy (non-hydrogen) atoms. The van der Waals surface area contributed by atoms with Crippen LogP contribution in [0.2, 0.25) is 0 Å². The summed E-state index contributed by atoms with van der Waals surface area (Å²) in [5.74, 6) is 0.355. The predicted molar refractivity (Wildman–Crippen MR) is 85.2 cm³/mol. The lowest BCUT2D eigenvalue weighted by Crippen LogP contribution is -2.41. The van der Waals surface area contributed by atoms with Crippen LogP contribution in [-0.2, 0) is 0 Å². The molecule has 2 N–H and O–H groups in total. The molecule has 3 atom stereocenters. The van der Waals surface area contributed by atoms with Crippen LogP contribution in [0.5, 0.6) is 0 Å². The minimum Gasteiger partial charge on any atom is -0.393 e. The molecule has 0 aliphatic carbocycles. The maximum Gasteiger partial charge on any atom is 0.0599 e. The van der Waals surface area contributed by atoms with E-state index < -0.39 is 0 Å². The van der Waals surface area contributed by atoms with Crippen LogP contribution in [0.1, 0.15) is 45.2 Å². The normalized spacial score (nSPS) is 24.7. The topological polar surface area (TPSA) is 35.5 Å². The van der Waals surface area contributed by atoms with E-state index in [1.54, 1.807) is 0 Å². The van der Waals surface area contributed by atoms with Crippen molar-refractivity contribution in [1.82, 2.24) is 5.32 Å². The summed E-state index contributed by atoms with van der Waals surface area (Å²) in [6.45, 7) is 9.40. The number of anilines is 1. The van der Waals surface area contributed by atoms with Crippen molar-refractivity contribution in [3.63, 3.8) is 0 Å². The van der Waals surface area contributed by atoms with Gasteiger partial charge in [0.25, 0.3) is 0 Å². The summed E-state index contributed by atoms with van der Waals surface area (Å²) in [5, 5.41) is 13.3. The van der Waals surface area contributed by atoms with Crippen molar-refractivity contribution in [3.8, 4) is 0 Å². The molecule has 1 fully saturated rings. The van der Waals surface area contributed by atoms with E-state index in [1.165, 1.54) is 11.3 Å². The van der Waals surface area contributed by atoms with Gasteiger partial charge in [-0.25, -0.2) is 0 Å². The molecule has 2 rings (SSSR count). The van der Waals surface area contributed by atoms with Crippen LogP contribution in [0.15, 0.2) is 24.3 Å². The third-order valence-electron chi connectivity index (χ3n) is 4.38. The van der Waals surface area contributed by atoms with Crippen LogP contribution in [-0.4, -0.2) is 30.8 Å². The van der Waals surface area contributed by atoms with Gasteiger partial charge in [0.2, 0.25) is 0 Å². The van der Waals surface area contributed by atoms with Crippen molar-refractivity contribution < 1.29 is 5.11 Å². The van der Waals surface area contributed by atoms with E-state index in [0.717, 1.165) is 32.5 Å². The molecule has 1 aliphatic heterocycles. The van der Waals surface area contributed by atoms with Crippen molar-refractivity contribution in [3.05, 3.63) is 29.8 Å². The van der Waals surface area contributed by atoms with Crippen LogP contribution >= 0.6 is 0 Å². The van der Waals surface area contributed by atoms with E-state index in [1.807, 2.05) is 0 Å². The Labute approximate surface area is 123 Å². The molecule has 0 spiro atoms. The molecular formula is C17H28N2O. The average molecular weight is 276 g/mol. The SMILES string of the molecule is CCNC(CC)c1ccc(N2CCC(O)C(C)C2)cc1. The van der Waals surface area contributed by atoms with E-state index in [-0.39, 0.29) is 6.10 Å². The molecule has 3 nitrogen and oxygen atoms in total. The van der Waals surface area contributed by atoms with Gasteiger partial charge in [0.1, 0.15) is 0 Å². The minimum atomic E-state index is -0.135. The van der Waals surface area contributed by atoms with E-state index in [0.29, 0.717) is 12.0 Å². The van der Waals surface area contributed by atoms with E-state index in [4.69, 9.17) is 0 Å². The highest BCUT2D eigenvalue weighted by Gasteiger charge is 2.24. The summed E-state index contributed by atoms with van der Waals surface area (Å²) in [4.78, 5) is 2.38. The maximum absolute atomic E-state index is 9.82. The Kier molecular flexibility index (Phi) is 5.44. The van der Waals surface area contributed by atoms with Crippen LogP contribution in [0.4, 0.5) is 5.69 Å².